The first kappa shape index (κ1) is 13.2. The highest BCUT2D eigenvalue weighted by Gasteiger charge is 2.23. The Kier molecular flexibility index (Phi) is 4.20. The van der Waals surface area contributed by atoms with Crippen LogP contribution < -0.4 is 5.73 Å². The zero-order valence-electron chi connectivity index (χ0n) is 9.97. The van der Waals surface area contributed by atoms with E-state index in [1.54, 1.807) is 38.4 Å². The minimum Gasteiger partial charge on any atom is -0.444 e. The number of carbonyl (C=O) groups excluding carboxylic acids is 2. The predicted octanol–water partition coefficient (Wildman–Crippen LogP) is 1.92. The summed E-state index contributed by atoms with van der Waals surface area (Å²) in [5.41, 5.74) is 4.82. The van der Waals surface area contributed by atoms with Gasteiger partial charge in [0.15, 0.2) is 5.78 Å². The SMILES string of the molecule is CC(C)(CCC(=O)c1ccncc1)OC(N)=O. The molecule has 1 aromatic rings. The van der Waals surface area contributed by atoms with Gasteiger partial charge in [-0.2, -0.15) is 0 Å². The summed E-state index contributed by atoms with van der Waals surface area (Å²) in [6, 6.07) is 3.31. The molecule has 0 saturated heterocycles. The van der Waals surface area contributed by atoms with E-state index in [1.807, 2.05) is 0 Å². The van der Waals surface area contributed by atoms with E-state index < -0.39 is 11.7 Å². The average molecular weight is 236 g/mol. The Morgan fingerprint density at radius 2 is 1.94 bits per heavy atom. The van der Waals surface area contributed by atoms with Crippen LogP contribution in [0.5, 0.6) is 0 Å². The maximum absolute atomic E-state index is 11.8. The van der Waals surface area contributed by atoms with Gasteiger partial charge in [0.25, 0.3) is 0 Å². The summed E-state index contributed by atoms with van der Waals surface area (Å²) < 4.78 is 4.90. The van der Waals surface area contributed by atoms with E-state index in [1.165, 1.54) is 0 Å². The normalized spacial score (nSPS) is 10.9. The molecule has 0 spiro atoms. The highest BCUT2D eigenvalue weighted by atomic mass is 16.6. The minimum atomic E-state index is -0.827. The highest BCUT2D eigenvalue weighted by Crippen LogP contribution is 2.18. The Hall–Kier alpha value is -1.91. The number of rotatable bonds is 5. The molecule has 0 unspecified atom stereocenters. The zero-order valence-corrected chi connectivity index (χ0v) is 9.97. The number of Topliss-reactive ketones (excluding diaryl/α,β-unsaturated/α-hetero) is 1. The second kappa shape index (κ2) is 5.43. The van der Waals surface area contributed by atoms with Crippen LogP contribution in [0.1, 0.15) is 37.0 Å². The molecule has 0 fully saturated rings. The molecule has 0 saturated carbocycles. The summed E-state index contributed by atoms with van der Waals surface area (Å²) in [4.78, 5) is 26.3. The monoisotopic (exact) mass is 236 g/mol. The largest absolute Gasteiger partial charge is 0.444 e. The molecular formula is C12H16N2O3. The van der Waals surface area contributed by atoms with Gasteiger partial charge >= 0.3 is 6.09 Å². The number of aromatic nitrogens is 1. The van der Waals surface area contributed by atoms with E-state index in [0.29, 0.717) is 18.4 Å². The molecular weight excluding hydrogens is 220 g/mol. The van der Waals surface area contributed by atoms with Gasteiger partial charge in [-0.25, -0.2) is 4.79 Å². The summed E-state index contributed by atoms with van der Waals surface area (Å²) in [5, 5.41) is 0. The topological polar surface area (TPSA) is 82.3 Å². The lowest BCUT2D eigenvalue weighted by molar-refractivity contribution is 0.0367. The fraction of sp³-hybridized carbons (Fsp3) is 0.417. The number of nitrogens with two attached hydrogens (primary N) is 1. The Balaban J connectivity index is 2.51. The van der Waals surface area contributed by atoms with Gasteiger partial charge in [0.05, 0.1) is 0 Å². The van der Waals surface area contributed by atoms with Crippen LogP contribution in [-0.4, -0.2) is 22.5 Å². The van der Waals surface area contributed by atoms with Crippen LogP contribution in [0.15, 0.2) is 24.5 Å². The van der Waals surface area contributed by atoms with Crippen LogP contribution in [0.2, 0.25) is 0 Å². The lowest BCUT2D eigenvalue weighted by Crippen LogP contribution is -2.31. The van der Waals surface area contributed by atoms with Crippen molar-refractivity contribution in [3.8, 4) is 0 Å². The number of ether oxygens (including phenoxy) is 1. The van der Waals surface area contributed by atoms with Crippen molar-refractivity contribution in [2.75, 3.05) is 0 Å². The number of amides is 1. The number of ketones is 1. The molecule has 0 atom stereocenters. The summed E-state index contributed by atoms with van der Waals surface area (Å²) in [6.07, 6.45) is 3.03. The molecule has 5 heteroatoms. The summed E-state index contributed by atoms with van der Waals surface area (Å²) in [5.74, 6) is -0.00598. The Morgan fingerprint density at radius 1 is 1.35 bits per heavy atom. The molecule has 5 nitrogen and oxygen atoms in total. The van der Waals surface area contributed by atoms with Crippen LogP contribution in [0.25, 0.3) is 0 Å². The first-order valence-electron chi connectivity index (χ1n) is 5.32. The van der Waals surface area contributed by atoms with Crippen molar-refractivity contribution in [2.45, 2.75) is 32.3 Å². The lowest BCUT2D eigenvalue weighted by Gasteiger charge is -2.23. The quantitative estimate of drug-likeness (QED) is 0.792. The first-order valence-corrected chi connectivity index (χ1v) is 5.32. The Morgan fingerprint density at radius 3 is 2.47 bits per heavy atom. The number of pyridine rings is 1. The van der Waals surface area contributed by atoms with Crippen molar-refractivity contribution in [3.63, 3.8) is 0 Å². The maximum atomic E-state index is 11.8. The second-order valence-corrected chi connectivity index (χ2v) is 4.34. The molecule has 0 bridgehead atoms. The molecule has 1 rings (SSSR count). The van der Waals surface area contributed by atoms with Crippen LogP contribution in [0.4, 0.5) is 4.79 Å². The molecule has 1 aromatic heterocycles. The molecule has 2 N–H and O–H groups in total. The number of carbonyl (C=O) groups is 2. The van der Waals surface area contributed by atoms with E-state index >= 15 is 0 Å². The minimum absolute atomic E-state index is 0.00598. The first-order chi connectivity index (χ1) is 7.91. The van der Waals surface area contributed by atoms with E-state index in [-0.39, 0.29) is 5.78 Å². The molecule has 0 aliphatic heterocycles. The van der Waals surface area contributed by atoms with Gasteiger partial charge in [-0.05, 0) is 32.4 Å². The highest BCUT2D eigenvalue weighted by molar-refractivity contribution is 5.95. The van der Waals surface area contributed by atoms with Gasteiger partial charge in [0.2, 0.25) is 0 Å². The Labute approximate surface area is 100.0 Å². The van der Waals surface area contributed by atoms with E-state index in [9.17, 15) is 9.59 Å². The van der Waals surface area contributed by atoms with Crippen molar-refractivity contribution in [1.29, 1.82) is 0 Å². The van der Waals surface area contributed by atoms with Gasteiger partial charge in [0, 0.05) is 24.4 Å². The van der Waals surface area contributed by atoms with Gasteiger partial charge in [-0.15, -0.1) is 0 Å². The molecule has 0 aliphatic rings. The van der Waals surface area contributed by atoms with E-state index in [2.05, 4.69) is 4.98 Å². The average Bonchev–Trinajstić information content (AvgIpc) is 2.25. The lowest BCUT2D eigenvalue weighted by atomic mass is 9.98. The smallest absolute Gasteiger partial charge is 0.405 e. The number of primary amides is 1. The van der Waals surface area contributed by atoms with Crippen molar-refractivity contribution < 1.29 is 14.3 Å². The summed E-state index contributed by atoms with van der Waals surface area (Å²) in [7, 11) is 0. The third kappa shape index (κ3) is 4.63. The standard InChI is InChI=1S/C12H16N2O3/c1-12(2,17-11(13)16)6-3-10(15)9-4-7-14-8-5-9/h4-5,7-8H,3,6H2,1-2H3,(H2,13,16). The van der Waals surface area contributed by atoms with Gasteiger partial charge < -0.3 is 10.5 Å². The summed E-state index contributed by atoms with van der Waals surface area (Å²) in [6.45, 7) is 3.44. The Bertz CT molecular complexity index is 401. The van der Waals surface area contributed by atoms with Crippen LogP contribution in [0.3, 0.4) is 0 Å². The van der Waals surface area contributed by atoms with Gasteiger partial charge in [0.1, 0.15) is 5.60 Å². The molecule has 0 aliphatic carbocycles. The molecule has 92 valence electrons. The molecule has 1 amide bonds. The third-order valence-corrected chi connectivity index (χ3v) is 2.33. The fourth-order valence-electron chi connectivity index (χ4n) is 1.42. The van der Waals surface area contributed by atoms with Gasteiger partial charge in [-0.3, -0.25) is 9.78 Å². The van der Waals surface area contributed by atoms with Crippen LogP contribution >= 0.6 is 0 Å². The second-order valence-electron chi connectivity index (χ2n) is 4.34. The molecule has 0 radical (unpaired) electrons. The predicted molar refractivity (Wildman–Crippen MR) is 62.5 cm³/mol. The van der Waals surface area contributed by atoms with Crippen LogP contribution in [0, 0.1) is 0 Å². The summed E-state index contributed by atoms with van der Waals surface area (Å²) >= 11 is 0. The maximum Gasteiger partial charge on any atom is 0.405 e. The number of hydrogen-bond acceptors (Lipinski definition) is 4. The number of hydrogen-bond donors (Lipinski definition) is 1. The van der Waals surface area contributed by atoms with Crippen LogP contribution in [-0.2, 0) is 4.74 Å². The zero-order chi connectivity index (χ0) is 12.9. The van der Waals surface area contributed by atoms with Gasteiger partial charge in [-0.1, -0.05) is 0 Å². The fourth-order valence-corrected chi connectivity index (χ4v) is 1.42. The van der Waals surface area contributed by atoms with Crippen molar-refractivity contribution in [2.24, 2.45) is 5.73 Å². The van der Waals surface area contributed by atoms with Crippen molar-refractivity contribution in [1.82, 2.24) is 4.98 Å². The van der Waals surface area contributed by atoms with E-state index in [0.717, 1.165) is 0 Å². The molecule has 17 heavy (non-hydrogen) atoms. The van der Waals surface area contributed by atoms with Crippen molar-refractivity contribution in [3.05, 3.63) is 30.1 Å². The molecule has 0 aromatic carbocycles. The number of nitrogens with zero attached hydrogens (tertiary/aromatic N) is 1. The van der Waals surface area contributed by atoms with E-state index in [4.69, 9.17) is 10.5 Å². The van der Waals surface area contributed by atoms with Crippen molar-refractivity contribution >= 4 is 11.9 Å². The third-order valence-electron chi connectivity index (χ3n) is 2.33. The molecule has 1 heterocycles.